The highest BCUT2D eigenvalue weighted by atomic mass is 32.1. The molecule has 1 fully saturated rings. The lowest BCUT2D eigenvalue weighted by molar-refractivity contribution is -0.121. The van der Waals surface area contributed by atoms with Gasteiger partial charge in [-0.15, -0.1) is 0 Å². The van der Waals surface area contributed by atoms with E-state index in [0.717, 1.165) is 24.8 Å². The Kier molecular flexibility index (Phi) is 6.39. The summed E-state index contributed by atoms with van der Waals surface area (Å²) in [4.78, 5) is 11.7. The Morgan fingerprint density at radius 3 is 2.41 bits per heavy atom. The topological polar surface area (TPSA) is 29.1 Å². The predicted molar refractivity (Wildman–Crippen MR) is 76.4 cm³/mol. The lowest BCUT2D eigenvalue weighted by atomic mass is 9.81. The summed E-state index contributed by atoms with van der Waals surface area (Å²) in [7, 11) is 0. The molecular weight excluding hydrogens is 230 g/mol. The van der Waals surface area contributed by atoms with Crippen molar-refractivity contribution in [1.82, 2.24) is 5.32 Å². The van der Waals surface area contributed by atoms with Crippen LogP contribution < -0.4 is 5.32 Å². The molecule has 1 aliphatic rings. The maximum absolute atomic E-state index is 11.7. The molecule has 17 heavy (non-hydrogen) atoms. The van der Waals surface area contributed by atoms with Gasteiger partial charge < -0.3 is 5.32 Å². The summed E-state index contributed by atoms with van der Waals surface area (Å²) in [6.07, 6.45) is 6.54. The number of nitrogens with one attached hydrogen (secondary N) is 1. The van der Waals surface area contributed by atoms with Crippen molar-refractivity contribution in [1.29, 1.82) is 0 Å². The Bertz CT molecular complexity index is 234. The third kappa shape index (κ3) is 5.33. The number of hydrogen-bond acceptors (Lipinski definition) is 2. The van der Waals surface area contributed by atoms with E-state index in [1.165, 1.54) is 25.7 Å². The lowest BCUT2D eigenvalue weighted by Gasteiger charge is -2.26. The van der Waals surface area contributed by atoms with Crippen molar-refractivity contribution >= 4 is 18.5 Å². The van der Waals surface area contributed by atoms with Gasteiger partial charge in [0, 0.05) is 6.54 Å². The highest BCUT2D eigenvalue weighted by Gasteiger charge is 2.20. The third-order valence-electron chi connectivity index (χ3n) is 3.89. The fourth-order valence-corrected chi connectivity index (χ4v) is 2.52. The van der Waals surface area contributed by atoms with E-state index in [9.17, 15) is 4.79 Å². The number of hydrogen-bond donors (Lipinski definition) is 2. The minimum Gasteiger partial charge on any atom is -0.355 e. The second kappa shape index (κ2) is 7.30. The van der Waals surface area contributed by atoms with Gasteiger partial charge in [-0.25, -0.2) is 0 Å². The maximum atomic E-state index is 11.7. The van der Waals surface area contributed by atoms with E-state index in [4.69, 9.17) is 0 Å². The van der Waals surface area contributed by atoms with Crippen LogP contribution in [0.25, 0.3) is 0 Å². The molecule has 0 radical (unpaired) electrons. The molecule has 0 aliphatic heterocycles. The van der Waals surface area contributed by atoms with Crippen molar-refractivity contribution in [2.75, 3.05) is 6.54 Å². The molecule has 1 atom stereocenters. The number of carbonyl (C=O) groups excluding carboxylic acids is 1. The van der Waals surface area contributed by atoms with Gasteiger partial charge in [0.1, 0.15) is 0 Å². The fourth-order valence-electron chi connectivity index (χ4n) is 2.42. The Morgan fingerprint density at radius 1 is 1.29 bits per heavy atom. The van der Waals surface area contributed by atoms with E-state index in [-0.39, 0.29) is 11.2 Å². The van der Waals surface area contributed by atoms with Gasteiger partial charge in [0.25, 0.3) is 0 Å². The summed E-state index contributed by atoms with van der Waals surface area (Å²) < 4.78 is 0. The zero-order valence-electron chi connectivity index (χ0n) is 11.4. The van der Waals surface area contributed by atoms with E-state index >= 15 is 0 Å². The molecule has 1 amide bonds. The van der Waals surface area contributed by atoms with Gasteiger partial charge >= 0.3 is 0 Å². The largest absolute Gasteiger partial charge is 0.355 e. The highest BCUT2D eigenvalue weighted by molar-refractivity contribution is 7.81. The van der Waals surface area contributed by atoms with Gasteiger partial charge in [-0.05, 0) is 24.2 Å². The van der Waals surface area contributed by atoms with Crippen molar-refractivity contribution in [2.45, 2.75) is 58.1 Å². The van der Waals surface area contributed by atoms with Crippen molar-refractivity contribution in [3.05, 3.63) is 0 Å². The van der Waals surface area contributed by atoms with Crippen molar-refractivity contribution in [3.63, 3.8) is 0 Å². The molecule has 1 saturated carbocycles. The van der Waals surface area contributed by atoms with E-state index in [1.54, 1.807) is 0 Å². The SMILES string of the molecule is CC1CCC(CCNC(=O)C(S)C(C)C)CC1. The molecule has 0 aromatic rings. The average Bonchev–Trinajstić information content (AvgIpc) is 2.30. The Hall–Kier alpha value is -0.180. The van der Waals surface area contributed by atoms with Gasteiger partial charge in [-0.1, -0.05) is 46.5 Å². The van der Waals surface area contributed by atoms with Gasteiger partial charge in [-0.2, -0.15) is 12.6 Å². The number of carbonyl (C=O) groups is 1. The second-order valence-electron chi connectivity index (χ2n) is 5.89. The van der Waals surface area contributed by atoms with Gasteiger partial charge in [-0.3, -0.25) is 4.79 Å². The standard InChI is InChI=1S/C14H27NOS/c1-10(2)13(17)14(16)15-9-8-12-6-4-11(3)5-7-12/h10-13,17H,4-9H2,1-3H3,(H,15,16). The van der Waals surface area contributed by atoms with E-state index in [0.29, 0.717) is 5.92 Å². The lowest BCUT2D eigenvalue weighted by Crippen LogP contribution is -2.35. The van der Waals surface area contributed by atoms with Crippen LogP contribution in [-0.2, 0) is 4.79 Å². The quantitative estimate of drug-likeness (QED) is 0.727. The average molecular weight is 257 g/mol. The summed E-state index contributed by atoms with van der Waals surface area (Å²) >= 11 is 4.32. The third-order valence-corrected chi connectivity index (χ3v) is 4.72. The molecule has 1 unspecified atom stereocenters. The Morgan fingerprint density at radius 2 is 1.88 bits per heavy atom. The van der Waals surface area contributed by atoms with Crippen molar-refractivity contribution < 1.29 is 4.79 Å². The minimum atomic E-state index is -0.165. The molecule has 0 heterocycles. The molecule has 0 bridgehead atoms. The maximum Gasteiger partial charge on any atom is 0.233 e. The van der Waals surface area contributed by atoms with Gasteiger partial charge in [0.15, 0.2) is 0 Å². The van der Waals surface area contributed by atoms with Crippen LogP contribution in [-0.4, -0.2) is 17.7 Å². The molecule has 1 aliphatic carbocycles. The first-order valence-electron chi connectivity index (χ1n) is 6.96. The summed E-state index contributed by atoms with van der Waals surface area (Å²) in [5.41, 5.74) is 0. The Labute approximate surface area is 111 Å². The summed E-state index contributed by atoms with van der Waals surface area (Å²) in [6, 6.07) is 0. The molecule has 2 nitrogen and oxygen atoms in total. The second-order valence-corrected chi connectivity index (χ2v) is 6.45. The molecule has 0 saturated heterocycles. The monoisotopic (exact) mass is 257 g/mol. The normalized spacial score (nSPS) is 26.9. The number of amides is 1. The van der Waals surface area contributed by atoms with E-state index in [1.807, 2.05) is 13.8 Å². The molecule has 100 valence electrons. The predicted octanol–water partition coefficient (Wildman–Crippen LogP) is 3.27. The minimum absolute atomic E-state index is 0.0903. The van der Waals surface area contributed by atoms with Crippen LogP contribution in [0.5, 0.6) is 0 Å². The van der Waals surface area contributed by atoms with Crippen LogP contribution in [0, 0.1) is 17.8 Å². The zero-order valence-corrected chi connectivity index (χ0v) is 12.3. The smallest absolute Gasteiger partial charge is 0.233 e. The Balaban J connectivity index is 2.13. The van der Waals surface area contributed by atoms with E-state index < -0.39 is 0 Å². The summed E-state index contributed by atoms with van der Waals surface area (Å²) in [6.45, 7) is 7.22. The van der Waals surface area contributed by atoms with E-state index in [2.05, 4.69) is 24.9 Å². The first-order chi connectivity index (χ1) is 8.00. The van der Waals surface area contributed by atoms with Crippen LogP contribution in [0.15, 0.2) is 0 Å². The van der Waals surface area contributed by atoms with Crippen LogP contribution in [0.2, 0.25) is 0 Å². The van der Waals surface area contributed by atoms with Crippen molar-refractivity contribution in [3.8, 4) is 0 Å². The van der Waals surface area contributed by atoms with Crippen LogP contribution in [0.3, 0.4) is 0 Å². The molecule has 1 N–H and O–H groups in total. The van der Waals surface area contributed by atoms with Crippen LogP contribution in [0.4, 0.5) is 0 Å². The van der Waals surface area contributed by atoms with Crippen molar-refractivity contribution in [2.24, 2.45) is 17.8 Å². The molecule has 0 aromatic carbocycles. The molecule has 0 spiro atoms. The van der Waals surface area contributed by atoms with Gasteiger partial charge in [0.2, 0.25) is 5.91 Å². The van der Waals surface area contributed by atoms with Gasteiger partial charge in [0.05, 0.1) is 5.25 Å². The molecular formula is C14H27NOS. The molecule has 0 aromatic heterocycles. The number of rotatable bonds is 5. The van der Waals surface area contributed by atoms with Crippen LogP contribution >= 0.6 is 12.6 Å². The highest BCUT2D eigenvalue weighted by Crippen LogP contribution is 2.29. The first kappa shape index (κ1) is 14.9. The zero-order chi connectivity index (χ0) is 12.8. The fraction of sp³-hybridized carbons (Fsp3) is 0.929. The molecule has 1 rings (SSSR count). The van der Waals surface area contributed by atoms with Crippen LogP contribution in [0.1, 0.15) is 52.9 Å². The summed E-state index contributed by atoms with van der Waals surface area (Å²) in [5.74, 6) is 2.12. The number of thiol groups is 1. The first-order valence-corrected chi connectivity index (χ1v) is 7.48. The molecule has 3 heteroatoms. The summed E-state index contributed by atoms with van der Waals surface area (Å²) in [5, 5.41) is 2.84.